The van der Waals surface area contributed by atoms with E-state index in [-0.39, 0.29) is 17.3 Å². The van der Waals surface area contributed by atoms with Gasteiger partial charge >= 0.3 is 0 Å². The third-order valence-electron chi connectivity index (χ3n) is 4.47. The second-order valence-corrected chi connectivity index (χ2v) is 7.33. The van der Waals surface area contributed by atoms with Gasteiger partial charge in [0.2, 0.25) is 5.16 Å². The van der Waals surface area contributed by atoms with Crippen molar-refractivity contribution < 1.29 is 14.6 Å². The second kappa shape index (κ2) is 9.03. The number of hydrogen-bond donors (Lipinski definition) is 1. The first kappa shape index (κ1) is 20.1. The van der Waals surface area contributed by atoms with Gasteiger partial charge in [0.25, 0.3) is 0 Å². The van der Waals surface area contributed by atoms with Crippen LogP contribution >= 0.6 is 11.8 Å². The van der Waals surface area contributed by atoms with Crippen molar-refractivity contribution in [2.24, 2.45) is 0 Å². The first-order valence-corrected chi connectivity index (χ1v) is 9.89. The standard InChI is InChI=1S/C19H23N5O3S/c1-13-11-17(14(2)23(13)9-4-10-27-3)18(26)12-28-19-20-21-22-24(19)15-5-7-16(25)8-6-15/h5-8,11,25H,4,9-10,12H2,1-3H3. The molecule has 0 saturated heterocycles. The predicted molar refractivity (Wildman–Crippen MR) is 106 cm³/mol. The lowest BCUT2D eigenvalue weighted by Crippen LogP contribution is -2.08. The van der Waals surface area contributed by atoms with Crippen molar-refractivity contribution in [3.05, 3.63) is 47.3 Å². The number of ketones is 1. The Labute approximate surface area is 167 Å². The lowest BCUT2D eigenvalue weighted by atomic mass is 10.2. The number of hydrogen-bond acceptors (Lipinski definition) is 7. The summed E-state index contributed by atoms with van der Waals surface area (Å²) in [7, 11) is 1.69. The molecule has 0 spiro atoms. The first-order valence-electron chi connectivity index (χ1n) is 8.90. The van der Waals surface area contributed by atoms with Crippen LogP contribution in [0.5, 0.6) is 5.75 Å². The molecule has 0 saturated carbocycles. The molecule has 9 heteroatoms. The molecule has 0 atom stereocenters. The monoisotopic (exact) mass is 401 g/mol. The summed E-state index contributed by atoms with van der Waals surface area (Å²) < 4.78 is 8.81. The van der Waals surface area contributed by atoms with Gasteiger partial charge in [-0.05, 0) is 61.0 Å². The smallest absolute Gasteiger partial charge is 0.214 e. The Morgan fingerprint density at radius 2 is 2.00 bits per heavy atom. The summed E-state index contributed by atoms with van der Waals surface area (Å²) >= 11 is 1.29. The van der Waals surface area contributed by atoms with E-state index in [1.807, 2.05) is 19.9 Å². The highest BCUT2D eigenvalue weighted by molar-refractivity contribution is 7.99. The summed E-state index contributed by atoms with van der Waals surface area (Å²) in [5.41, 5.74) is 3.48. The number of benzene rings is 1. The summed E-state index contributed by atoms with van der Waals surface area (Å²) in [6.45, 7) is 5.49. The Morgan fingerprint density at radius 1 is 1.25 bits per heavy atom. The zero-order chi connectivity index (χ0) is 20.1. The summed E-state index contributed by atoms with van der Waals surface area (Å²) in [4.78, 5) is 12.8. The zero-order valence-electron chi connectivity index (χ0n) is 16.1. The van der Waals surface area contributed by atoms with Crippen molar-refractivity contribution in [1.82, 2.24) is 24.8 Å². The van der Waals surface area contributed by atoms with Crippen LogP contribution in [0.2, 0.25) is 0 Å². The molecule has 0 bridgehead atoms. The van der Waals surface area contributed by atoms with Crippen LogP contribution in [0.4, 0.5) is 0 Å². The molecule has 3 aromatic rings. The third-order valence-corrected chi connectivity index (χ3v) is 5.39. The number of Topliss-reactive ketones (excluding diaryl/α,β-unsaturated/α-hetero) is 1. The molecule has 1 aromatic carbocycles. The molecule has 2 aromatic heterocycles. The summed E-state index contributed by atoms with van der Waals surface area (Å²) in [6, 6.07) is 8.49. The molecular formula is C19H23N5O3S. The molecule has 2 heterocycles. The quantitative estimate of drug-likeness (QED) is 0.335. The van der Waals surface area contributed by atoms with E-state index in [0.717, 1.165) is 29.9 Å². The van der Waals surface area contributed by atoms with E-state index in [4.69, 9.17) is 4.74 Å². The number of phenols is 1. The first-order chi connectivity index (χ1) is 13.5. The predicted octanol–water partition coefficient (Wildman–Crippen LogP) is 2.80. The van der Waals surface area contributed by atoms with Crippen molar-refractivity contribution in [3.63, 3.8) is 0 Å². The molecule has 3 rings (SSSR count). The number of aromatic nitrogens is 5. The van der Waals surface area contributed by atoms with Crippen LogP contribution in [-0.4, -0.2) is 55.1 Å². The Balaban J connectivity index is 1.69. The number of phenolic OH excluding ortho intramolecular Hbond substituents is 1. The zero-order valence-corrected chi connectivity index (χ0v) is 16.9. The van der Waals surface area contributed by atoms with Crippen molar-refractivity contribution in [2.45, 2.75) is 32.0 Å². The van der Waals surface area contributed by atoms with Gasteiger partial charge in [0.15, 0.2) is 5.78 Å². The van der Waals surface area contributed by atoms with E-state index in [0.29, 0.717) is 17.5 Å². The van der Waals surface area contributed by atoms with Gasteiger partial charge in [-0.3, -0.25) is 4.79 Å². The van der Waals surface area contributed by atoms with E-state index >= 15 is 0 Å². The fourth-order valence-electron chi connectivity index (χ4n) is 3.03. The fourth-order valence-corrected chi connectivity index (χ4v) is 3.80. The average Bonchev–Trinajstić information content (AvgIpc) is 3.26. The van der Waals surface area contributed by atoms with Crippen molar-refractivity contribution >= 4 is 17.5 Å². The van der Waals surface area contributed by atoms with Crippen LogP contribution in [0.25, 0.3) is 5.69 Å². The number of thioether (sulfide) groups is 1. The molecule has 0 amide bonds. The van der Waals surface area contributed by atoms with Crippen LogP contribution in [-0.2, 0) is 11.3 Å². The Bertz CT molecular complexity index is 949. The number of tetrazole rings is 1. The van der Waals surface area contributed by atoms with Crippen LogP contribution < -0.4 is 0 Å². The number of carbonyl (C=O) groups excluding carboxylic acids is 1. The number of aryl methyl sites for hydroxylation is 1. The molecule has 0 aliphatic carbocycles. The van der Waals surface area contributed by atoms with Crippen LogP contribution in [0, 0.1) is 13.8 Å². The lowest BCUT2D eigenvalue weighted by molar-refractivity contribution is 0.102. The molecule has 0 unspecified atom stereocenters. The summed E-state index contributed by atoms with van der Waals surface area (Å²) in [6.07, 6.45) is 0.899. The SMILES string of the molecule is COCCCn1c(C)cc(C(=O)CSc2nnnn2-c2ccc(O)cc2)c1C. The van der Waals surface area contributed by atoms with Crippen LogP contribution in [0.3, 0.4) is 0 Å². The van der Waals surface area contributed by atoms with Crippen molar-refractivity contribution in [2.75, 3.05) is 19.5 Å². The van der Waals surface area contributed by atoms with E-state index in [2.05, 4.69) is 20.1 Å². The molecule has 0 radical (unpaired) electrons. The van der Waals surface area contributed by atoms with Gasteiger partial charge < -0.3 is 14.4 Å². The molecule has 0 aliphatic rings. The van der Waals surface area contributed by atoms with Gasteiger partial charge in [0, 0.05) is 37.2 Å². The van der Waals surface area contributed by atoms with E-state index in [9.17, 15) is 9.90 Å². The number of aromatic hydroxyl groups is 1. The molecule has 28 heavy (non-hydrogen) atoms. The maximum Gasteiger partial charge on any atom is 0.214 e. The highest BCUT2D eigenvalue weighted by Crippen LogP contribution is 2.23. The highest BCUT2D eigenvalue weighted by Gasteiger charge is 2.18. The second-order valence-electron chi connectivity index (χ2n) is 6.38. The maximum atomic E-state index is 12.8. The van der Waals surface area contributed by atoms with E-state index < -0.39 is 0 Å². The molecular weight excluding hydrogens is 378 g/mol. The Morgan fingerprint density at radius 3 is 2.71 bits per heavy atom. The Kier molecular flexibility index (Phi) is 6.48. The normalized spacial score (nSPS) is 11.1. The molecule has 148 valence electrons. The average molecular weight is 401 g/mol. The number of ether oxygens (including phenoxy) is 1. The minimum absolute atomic E-state index is 0.0383. The van der Waals surface area contributed by atoms with Crippen LogP contribution in [0.1, 0.15) is 28.2 Å². The lowest BCUT2D eigenvalue weighted by Gasteiger charge is -2.09. The minimum Gasteiger partial charge on any atom is -0.508 e. The van der Waals surface area contributed by atoms with Gasteiger partial charge in [-0.2, -0.15) is 4.68 Å². The van der Waals surface area contributed by atoms with Gasteiger partial charge in [-0.15, -0.1) is 5.10 Å². The number of methoxy groups -OCH3 is 1. The van der Waals surface area contributed by atoms with E-state index in [1.165, 1.54) is 11.8 Å². The van der Waals surface area contributed by atoms with Crippen molar-refractivity contribution in [3.8, 4) is 11.4 Å². The topological polar surface area (TPSA) is 95.1 Å². The van der Waals surface area contributed by atoms with Crippen LogP contribution in [0.15, 0.2) is 35.5 Å². The van der Waals surface area contributed by atoms with E-state index in [1.54, 1.807) is 36.1 Å². The number of carbonyl (C=O) groups is 1. The number of rotatable bonds is 9. The summed E-state index contributed by atoms with van der Waals surface area (Å²) in [5, 5.41) is 21.6. The summed E-state index contributed by atoms with van der Waals surface area (Å²) in [5.74, 6) is 0.444. The molecule has 0 aliphatic heterocycles. The minimum atomic E-state index is 0.0383. The van der Waals surface area contributed by atoms with Gasteiger partial charge in [0.1, 0.15) is 5.75 Å². The third kappa shape index (κ3) is 4.42. The Hall–Kier alpha value is -2.65. The largest absolute Gasteiger partial charge is 0.508 e. The van der Waals surface area contributed by atoms with Gasteiger partial charge in [-0.1, -0.05) is 11.8 Å². The van der Waals surface area contributed by atoms with Gasteiger partial charge in [0.05, 0.1) is 11.4 Å². The van der Waals surface area contributed by atoms with Crippen molar-refractivity contribution in [1.29, 1.82) is 0 Å². The maximum absolute atomic E-state index is 12.8. The van der Waals surface area contributed by atoms with Gasteiger partial charge in [-0.25, -0.2) is 0 Å². The fraction of sp³-hybridized carbons (Fsp3) is 0.368. The molecule has 0 fully saturated rings. The molecule has 1 N–H and O–H groups in total. The molecule has 8 nitrogen and oxygen atoms in total. The number of nitrogens with zero attached hydrogens (tertiary/aromatic N) is 5. The highest BCUT2D eigenvalue weighted by atomic mass is 32.2.